The third kappa shape index (κ3) is 9.13. The van der Waals surface area contributed by atoms with E-state index >= 15 is 0 Å². The van der Waals surface area contributed by atoms with E-state index in [-0.39, 0.29) is 24.9 Å². The van der Waals surface area contributed by atoms with Gasteiger partial charge in [-0.05, 0) is 45.7 Å². The Hall–Kier alpha value is -2.99. The Morgan fingerprint density at radius 1 is 1.19 bits per heavy atom. The second-order valence-electron chi connectivity index (χ2n) is 7.57. The number of alkyl carbamates (subject to hydrolysis) is 1. The van der Waals surface area contributed by atoms with Crippen LogP contribution in [0.3, 0.4) is 0 Å². The van der Waals surface area contributed by atoms with Crippen molar-refractivity contribution in [2.24, 2.45) is 5.73 Å². The average molecular weight is 446 g/mol. The summed E-state index contributed by atoms with van der Waals surface area (Å²) >= 11 is 0. The summed E-state index contributed by atoms with van der Waals surface area (Å²) in [5, 5.41) is 16.3. The summed E-state index contributed by atoms with van der Waals surface area (Å²) in [7, 11) is 1.15. The fourth-order valence-corrected chi connectivity index (χ4v) is 2.44. The van der Waals surface area contributed by atoms with Crippen LogP contribution in [0.15, 0.2) is 12.1 Å². The maximum Gasteiger partial charge on any atom is 0.408 e. The molecule has 0 bridgehead atoms. The molecule has 1 unspecified atom stereocenters. The highest BCUT2D eigenvalue weighted by Crippen LogP contribution is 2.25. The van der Waals surface area contributed by atoms with E-state index in [0.717, 1.165) is 19.2 Å². The van der Waals surface area contributed by atoms with Crippen LogP contribution in [0.4, 0.5) is 24.1 Å². The Labute approximate surface area is 178 Å². The first-order chi connectivity index (χ1) is 14.3. The molecule has 0 aliphatic carbocycles. The molecule has 0 saturated carbocycles. The minimum Gasteiger partial charge on any atom is -0.444 e. The highest BCUT2D eigenvalue weighted by molar-refractivity contribution is 5.96. The molecule has 0 radical (unpaired) electrons. The quantitative estimate of drug-likeness (QED) is 0.288. The Kier molecular flexibility index (Phi) is 9.59. The molecule has 6 N–H and O–H groups in total. The molecule has 174 valence electrons. The Bertz CT molecular complexity index is 777. The Morgan fingerprint density at radius 3 is 2.26 bits per heavy atom. The molecule has 10 nitrogen and oxygen atoms in total. The number of nitrogens with one attached hydrogen (secondary N) is 3. The molecule has 31 heavy (non-hydrogen) atoms. The number of benzene rings is 1. The minimum atomic E-state index is -1.55. The number of urea groups is 1. The first-order valence-corrected chi connectivity index (χ1v) is 9.37. The Morgan fingerprint density at radius 2 is 1.77 bits per heavy atom. The van der Waals surface area contributed by atoms with Crippen LogP contribution in [0.1, 0.15) is 45.5 Å². The van der Waals surface area contributed by atoms with Crippen LogP contribution in [-0.2, 0) is 14.3 Å². The molecule has 0 spiro atoms. The van der Waals surface area contributed by atoms with Crippen molar-refractivity contribution in [2.45, 2.75) is 51.5 Å². The number of rotatable bonds is 9. The molecule has 0 aliphatic heterocycles. The average Bonchev–Trinajstić information content (AvgIpc) is 2.64. The SMILES string of the molecule is COC(O)c1cc(F)c(NC(=O)[C@H](CCCNC(N)=O)NC(=O)OC(C)(C)C)c(F)c1. The number of carbonyl (C=O) groups is 3. The molecule has 1 rings (SSSR count). The van der Waals surface area contributed by atoms with Crippen molar-refractivity contribution in [2.75, 3.05) is 19.0 Å². The van der Waals surface area contributed by atoms with Crippen molar-refractivity contribution in [1.29, 1.82) is 0 Å². The molecule has 12 heteroatoms. The number of nitrogens with two attached hydrogens (primary N) is 1. The third-order valence-electron chi connectivity index (χ3n) is 3.80. The lowest BCUT2D eigenvalue weighted by Gasteiger charge is -2.23. The van der Waals surface area contributed by atoms with Crippen LogP contribution in [0.2, 0.25) is 0 Å². The zero-order valence-electron chi connectivity index (χ0n) is 17.8. The molecule has 4 amide bonds. The Balaban J connectivity index is 2.97. The molecule has 2 atom stereocenters. The van der Waals surface area contributed by atoms with Crippen molar-refractivity contribution < 1.29 is 37.7 Å². The fraction of sp³-hybridized carbons (Fsp3) is 0.526. The number of hydrogen-bond donors (Lipinski definition) is 5. The van der Waals surface area contributed by atoms with Gasteiger partial charge in [-0.15, -0.1) is 0 Å². The lowest BCUT2D eigenvalue weighted by Crippen LogP contribution is -2.46. The zero-order valence-corrected chi connectivity index (χ0v) is 17.8. The number of hydrogen-bond acceptors (Lipinski definition) is 6. The molecule has 0 saturated heterocycles. The highest BCUT2D eigenvalue weighted by Gasteiger charge is 2.26. The van der Waals surface area contributed by atoms with E-state index in [0.29, 0.717) is 0 Å². The van der Waals surface area contributed by atoms with Crippen LogP contribution in [-0.4, -0.2) is 48.4 Å². The van der Waals surface area contributed by atoms with Crippen LogP contribution < -0.4 is 21.7 Å². The van der Waals surface area contributed by atoms with Crippen LogP contribution >= 0.6 is 0 Å². The van der Waals surface area contributed by atoms with E-state index in [1.54, 1.807) is 20.8 Å². The first-order valence-electron chi connectivity index (χ1n) is 9.37. The molecule has 0 aromatic heterocycles. The van der Waals surface area contributed by atoms with E-state index in [1.165, 1.54) is 0 Å². The largest absolute Gasteiger partial charge is 0.444 e. The molecule has 0 fully saturated rings. The first kappa shape index (κ1) is 26.0. The van der Waals surface area contributed by atoms with Gasteiger partial charge >= 0.3 is 12.1 Å². The summed E-state index contributed by atoms with van der Waals surface area (Å²) in [6, 6.07) is -0.379. The molecule has 0 aliphatic rings. The fourth-order valence-electron chi connectivity index (χ4n) is 2.44. The number of anilines is 1. The van der Waals surface area contributed by atoms with E-state index in [1.807, 2.05) is 0 Å². The van der Waals surface area contributed by atoms with Crippen molar-refractivity contribution in [3.05, 3.63) is 29.3 Å². The number of primary amides is 1. The van der Waals surface area contributed by atoms with Gasteiger partial charge in [-0.25, -0.2) is 18.4 Å². The number of halogens is 2. The van der Waals surface area contributed by atoms with Crippen LogP contribution in [0.25, 0.3) is 0 Å². The summed E-state index contributed by atoms with van der Waals surface area (Å²) in [5.41, 5.74) is 3.19. The third-order valence-corrected chi connectivity index (χ3v) is 3.80. The predicted molar refractivity (Wildman–Crippen MR) is 107 cm³/mol. The van der Waals surface area contributed by atoms with Gasteiger partial charge in [-0.1, -0.05) is 0 Å². The maximum atomic E-state index is 14.3. The van der Waals surface area contributed by atoms with E-state index in [9.17, 15) is 28.3 Å². The number of methoxy groups -OCH3 is 1. The number of amides is 4. The highest BCUT2D eigenvalue weighted by atomic mass is 19.1. The van der Waals surface area contributed by atoms with Gasteiger partial charge in [-0.3, -0.25) is 4.79 Å². The molecular weight excluding hydrogens is 418 g/mol. The molecule has 0 heterocycles. The summed E-state index contributed by atoms with van der Waals surface area (Å²) in [6.45, 7) is 4.99. The van der Waals surface area contributed by atoms with E-state index < -0.39 is 53.3 Å². The maximum absolute atomic E-state index is 14.3. The van der Waals surface area contributed by atoms with Gasteiger partial charge in [0.1, 0.15) is 29.0 Å². The summed E-state index contributed by atoms with van der Waals surface area (Å²) in [4.78, 5) is 35.4. The standard InChI is InChI=1S/C19H28F2N4O6/c1-19(2,3)31-18(29)24-13(6-5-7-23-17(22)28)15(26)25-14-11(20)8-10(9-12(14)21)16(27)30-4/h8-9,13,16,27H,5-7H2,1-4H3,(H,24,29)(H,25,26)(H3,22,23,28)/t13-,16?/m0/s1. The summed E-state index contributed by atoms with van der Waals surface area (Å²) in [6.07, 6.45) is -2.22. The van der Waals surface area contributed by atoms with E-state index in [4.69, 9.17) is 10.5 Å². The van der Waals surface area contributed by atoms with Crippen LogP contribution in [0.5, 0.6) is 0 Å². The lowest BCUT2D eigenvalue weighted by atomic mass is 10.1. The molecule has 1 aromatic rings. The number of ether oxygens (including phenoxy) is 2. The summed E-state index contributed by atoms with van der Waals surface area (Å²) < 4.78 is 38.3. The lowest BCUT2D eigenvalue weighted by molar-refractivity contribution is -0.118. The number of carbonyl (C=O) groups excluding carboxylic acids is 3. The van der Waals surface area contributed by atoms with Gasteiger partial charge in [0.25, 0.3) is 0 Å². The van der Waals surface area contributed by atoms with Crippen molar-refractivity contribution in [3.63, 3.8) is 0 Å². The second-order valence-corrected chi connectivity index (χ2v) is 7.57. The monoisotopic (exact) mass is 446 g/mol. The minimum absolute atomic E-state index is 0.00899. The van der Waals surface area contributed by atoms with Gasteiger partial charge in [-0.2, -0.15) is 0 Å². The van der Waals surface area contributed by atoms with Gasteiger partial charge in [0, 0.05) is 19.2 Å². The zero-order chi connectivity index (χ0) is 23.8. The van der Waals surface area contributed by atoms with Gasteiger partial charge in [0.05, 0.1) is 0 Å². The molecule has 1 aromatic carbocycles. The number of aliphatic hydroxyl groups excluding tert-OH is 1. The topological polar surface area (TPSA) is 152 Å². The van der Waals surface area contributed by atoms with E-state index in [2.05, 4.69) is 20.7 Å². The van der Waals surface area contributed by atoms with Gasteiger partial charge in [0.15, 0.2) is 6.29 Å². The van der Waals surface area contributed by atoms with Crippen LogP contribution in [0, 0.1) is 11.6 Å². The van der Waals surface area contributed by atoms with Gasteiger partial charge in [0.2, 0.25) is 5.91 Å². The van der Waals surface area contributed by atoms with Crippen molar-refractivity contribution in [3.8, 4) is 0 Å². The normalized spacial score (nSPS) is 13.1. The molecular formula is C19H28F2N4O6. The predicted octanol–water partition coefficient (Wildman–Crippen LogP) is 1.88. The second kappa shape index (κ2) is 11.4. The van der Waals surface area contributed by atoms with Gasteiger partial charge < -0.3 is 36.3 Å². The van der Waals surface area contributed by atoms with Crippen molar-refractivity contribution >= 4 is 23.7 Å². The number of aliphatic hydroxyl groups is 1. The summed E-state index contributed by atoms with van der Waals surface area (Å²) in [5.74, 6) is -3.21. The van der Waals surface area contributed by atoms with Crippen molar-refractivity contribution in [1.82, 2.24) is 10.6 Å². The smallest absolute Gasteiger partial charge is 0.408 e.